The lowest BCUT2D eigenvalue weighted by Crippen LogP contribution is -2.19. The summed E-state index contributed by atoms with van der Waals surface area (Å²) >= 11 is 5.23. The second-order valence-electron chi connectivity index (χ2n) is 1.40. The van der Waals surface area contributed by atoms with E-state index in [1.165, 1.54) is 6.92 Å². The van der Waals surface area contributed by atoms with Crippen LogP contribution in [0, 0.1) is 11.8 Å². The predicted molar refractivity (Wildman–Crippen MR) is 37.2 cm³/mol. The van der Waals surface area contributed by atoms with Crippen molar-refractivity contribution in [2.75, 3.05) is 12.4 Å². The molecule has 0 spiro atoms. The second-order valence-corrected chi connectivity index (χ2v) is 1.66. The fraction of sp³-hybridized carbons (Fsp3) is 0.500. The number of nitrogens with one attached hydrogen (secondary N) is 1. The zero-order valence-electron chi connectivity index (χ0n) is 5.20. The SMILES string of the molecule is CC(=O)NCC#CCCl. The quantitative estimate of drug-likeness (QED) is 0.419. The molecule has 0 saturated carbocycles. The average Bonchev–Trinajstić information content (AvgIpc) is 1.80. The minimum atomic E-state index is -0.0705. The number of alkyl halides is 1. The van der Waals surface area contributed by atoms with Crippen LogP contribution in [-0.4, -0.2) is 18.3 Å². The summed E-state index contributed by atoms with van der Waals surface area (Å²) in [7, 11) is 0. The van der Waals surface area contributed by atoms with E-state index in [0.717, 1.165) is 0 Å². The minimum Gasteiger partial charge on any atom is -0.345 e. The van der Waals surface area contributed by atoms with Gasteiger partial charge in [0.05, 0.1) is 12.4 Å². The van der Waals surface area contributed by atoms with E-state index in [2.05, 4.69) is 17.2 Å². The van der Waals surface area contributed by atoms with E-state index in [0.29, 0.717) is 12.4 Å². The molecule has 0 aromatic rings. The van der Waals surface area contributed by atoms with Crippen LogP contribution in [0.5, 0.6) is 0 Å². The van der Waals surface area contributed by atoms with Crippen LogP contribution >= 0.6 is 11.6 Å². The molecule has 0 unspecified atom stereocenters. The molecule has 3 heteroatoms. The third kappa shape index (κ3) is 7.32. The summed E-state index contributed by atoms with van der Waals surface area (Å²) in [4.78, 5) is 10.2. The molecule has 0 aliphatic heterocycles. The molecule has 0 heterocycles. The molecule has 50 valence electrons. The average molecular weight is 146 g/mol. The number of carbonyl (C=O) groups is 1. The topological polar surface area (TPSA) is 29.1 Å². The molecule has 0 aliphatic rings. The molecular formula is C6H8ClNO. The number of hydrogen-bond acceptors (Lipinski definition) is 1. The second kappa shape index (κ2) is 5.46. The fourth-order valence-electron chi connectivity index (χ4n) is 0.278. The van der Waals surface area contributed by atoms with Crippen molar-refractivity contribution in [3.05, 3.63) is 0 Å². The first-order valence-corrected chi connectivity index (χ1v) is 3.07. The van der Waals surface area contributed by atoms with Crippen LogP contribution < -0.4 is 5.32 Å². The summed E-state index contributed by atoms with van der Waals surface area (Å²) in [5.74, 6) is 5.51. The Kier molecular flexibility index (Phi) is 5.04. The van der Waals surface area contributed by atoms with E-state index >= 15 is 0 Å². The standard InChI is InChI=1S/C6H8ClNO/c1-6(9)8-5-3-2-4-7/h4-5H2,1H3,(H,8,9). The maximum absolute atomic E-state index is 10.2. The molecule has 1 N–H and O–H groups in total. The molecule has 0 aromatic carbocycles. The van der Waals surface area contributed by atoms with Gasteiger partial charge in [0.25, 0.3) is 0 Å². The first-order valence-electron chi connectivity index (χ1n) is 2.53. The lowest BCUT2D eigenvalue weighted by atomic mass is 10.5. The highest BCUT2D eigenvalue weighted by Gasteiger charge is 1.82. The lowest BCUT2D eigenvalue weighted by Gasteiger charge is -1.89. The number of hydrogen-bond donors (Lipinski definition) is 1. The van der Waals surface area contributed by atoms with Gasteiger partial charge in [0.1, 0.15) is 0 Å². The van der Waals surface area contributed by atoms with Gasteiger partial charge in [0.2, 0.25) is 5.91 Å². The van der Waals surface area contributed by atoms with Gasteiger partial charge in [-0.3, -0.25) is 4.79 Å². The number of carbonyl (C=O) groups excluding carboxylic acids is 1. The Bertz CT molecular complexity index is 145. The highest BCUT2D eigenvalue weighted by Crippen LogP contribution is 1.66. The molecule has 2 nitrogen and oxygen atoms in total. The highest BCUT2D eigenvalue weighted by atomic mass is 35.5. The van der Waals surface area contributed by atoms with Crippen molar-refractivity contribution in [3.63, 3.8) is 0 Å². The molecule has 9 heavy (non-hydrogen) atoms. The van der Waals surface area contributed by atoms with Gasteiger partial charge in [0.15, 0.2) is 0 Å². The van der Waals surface area contributed by atoms with Crippen molar-refractivity contribution in [2.45, 2.75) is 6.92 Å². The summed E-state index contributed by atoms with van der Waals surface area (Å²) in [5.41, 5.74) is 0. The van der Waals surface area contributed by atoms with Crippen molar-refractivity contribution in [3.8, 4) is 11.8 Å². The van der Waals surface area contributed by atoms with E-state index in [1.54, 1.807) is 0 Å². The Morgan fingerprint density at radius 2 is 2.33 bits per heavy atom. The lowest BCUT2D eigenvalue weighted by molar-refractivity contribution is -0.118. The first kappa shape index (κ1) is 8.32. The summed E-state index contributed by atoms with van der Waals surface area (Å²) in [6.07, 6.45) is 0. The van der Waals surface area contributed by atoms with Gasteiger partial charge < -0.3 is 5.32 Å². The fourth-order valence-corrected chi connectivity index (χ4v) is 0.373. The van der Waals surface area contributed by atoms with Crippen molar-refractivity contribution >= 4 is 17.5 Å². The van der Waals surface area contributed by atoms with Crippen LogP contribution in [0.4, 0.5) is 0 Å². The summed E-state index contributed by atoms with van der Waals surface area (Å²) < 4.78 is 0. The predicted octanol–water partition coefficient (Wildman–Crippen LogP) is 0.365. The molecule has 0 bridgehead atoms. The monoisotopic (exact) mass is 145 g/mol. The van der Waals surface area contributed by atoms with Crippen LogP contribution in [0.1, 0.15) is 6.92 Å². The Morgan fingerprint density at radius 1 is 1.67 bits per heavy atom. The molecule has 0 aromatic heterocycles. The molecule has 0 saturated heterocycles. The van der Waals surface area contributed by atoms with Gasteiger partial charge in [-0.25, -0.2) is 0 Å². The van der Waals surface area contributed by atoms with Gasteiger partial charge in [-0.1, -0.05) is 11.8 Å². The maximum Gasteiger partial charge on any atom is 0.217 e. The molecule has 0 atom stereocenters. The Balaban J connectivity index is 3.19. The normalized spacial score (nSPS) is 7.33. The Hall–Kier alpha value is -0.680. The van der Waals surface area contributed by atoms with Crippen molar-refractivity contribution in [1.82, 2.24) is 5.32 Å². The van der Waals surface area contributed by atoms with E-state index in [9.17, 15) is 4.79 Å². The van der Waals surface area contributed by atoms with Gasteiger partial charge >= 0.3 is 0 Å². The zero-order valence-corrected chi connectivity index (χ0v) is 5.96. The third-order valence-electron chi connectivity index (χ3n) is 0.618. The van der Waals surface area contributed by atoms with Gasteiger partial charge in [-0.05, 0) is 0 Å². The molecular weight excluding hydrogens is 138 g/mol. The smallest absolute Gasteiger partial charge is 0.217 e. The summed E-state index contributed by atoms with van der Waals surface area (Å²) in [5, 5.41) is 2.51. The van der Waals surface area contributed by atoms with Gasteiger partial charge in [-0.15, -0.1) is 11.6 Å². The van der Waals surface area contributed by atoms with Crippen LogP contribution in [0.3, 0.4) is 0 Å². The minimum absolute atomic E-state index is 0.0705. The molecule has 0 radical (unpaired) electrons. The van der Waals surface area contributed by atoms with Crippen LogP contribution in [0.25, 0.3) is 0 Å². The molecule has 1 amide bonds. The summed E-state index contributed by atoms with van der Waals surface area (Å²) in [6, 6.07) is 0. The summed E-state index contributed by atoms with van der Waals surface area (Å²) in [6.45, 7) is 1.84. The van der Waals surface area contributed by atoms with Crippen molar-refractivity contribution < 1.29 is 4.79 Å². The van der Waals surface area contributed by atoms with Crippen molar-refractivity contribution in [1.29, 1.82) is 0 Å². The largest absolute Gasteiger partial charge is 0.345 e. The van der Waals surface area contributed by atoms with Crippen LogP contribution in [0.2, 0.25) is 0 Å². The Labute approximate surface area is 59.6 Å². The van der Waals surface area contributed by atoms with Crippen LogP contribution in [0.15, 0.2) is 0 Å². The molecule has 0 fully saturated rings. The van der Waals surface area contributed by atoms with E-state index < -0.39 is 0 Å². The third-order valence-corrected chi connectivity index (χ3v) is 0.751. The van der Waals surface area contributed by atoms with E-state index in [-0.39, 0.29) is 5.91 Å². The molecule has 0 aliphatic carbocycles. The van der Waals surface area contributed by atoms with E-state index in [4.69, 9.17) is 11.6 Å². The number of amides is 1. The highest BCUT2D eigenvalue weighted by molar-refractivity contribution is 6.19. The first-order chi connectivity index (χ1) is 4.27. The Morgan fingerprint density at radius 3 is 2.78 bits per heavy atom. The van der Waals surface area contributed by atoms with Crippen molar-refractivity contribution in [2.24, 2.45) is 0 Å². The van der Waals surface area contributed by atoms with E-state index in [1.807, 2.05) is 0 Å². The number of halogens is 1. The molecule has 0 rings (SSSR count). The number of rotatable bonds is 1. The van der Waals surface area contributed by atoms with Gasteiger partial charge in [-0.2, -0.15) is 0 Å². The zero-order chi connectivity index (χ0) is 7.11. The van der Waals surface area contributed by atoms with Gasteiger partial charge in [0, 0.05) is 6.92 Å². The maximum atomic E-state index is 10.2. The van der Waals surface area contributed by atoms with Crippen LogP contribution in [-0.2, 0) is 4.79 Å².